The number of alkyl halides is 3. The molecule has 1 aliphatic carbocycles. The van der Waals surface area contributed by atoms with Gasteiger partial charge in [-0.3, -0.25) is 18.9 Å². The van der Waals surface area contributed by atoms with Crippen LogP contribution in [-0.2, 0) is 25.3 Å². The number of halogens is 3. The van der Waals surface area contributed by atoms with Gasteiger partial charge in [0.05, 0.1) is 29.9 Å². The molecule has 0 spiro atoms. The first-order chi connectivity index (χ1) is 17.5. The summed E-state index contributed by atoms with van der Waals surface area (Å²) in [7, 11) is -4.14. The highest BCUT2D eigenvalue weighted by atomic mass is 32.2. The van der Waals surface area contributed by atoms with Gasteiger partial charge < -0.3 is 9.64 Å². The van der Waals surface area contributed by atoms with Gasteiger partial charge in [0.1, 0.15) is 6.10 Å². The molecule has 3 heterocycles. The topological polar surface area (TPSA) is 102 Å². The minimum absolute atomic E-state index is 0.0539. The van der Waals surface area contributed by atoms with Crippen molar-refractivity contribution in [2.45, 2.75) is 49.6 Å². The van der Waals surface area contributed by atoms with E-state index in [1.807, 2.05) is 0 Å². The van der Waals surface area contributed by atoms with Crippen LogP contribution in [0.2, 0.25) is 0 Å². The first-order valence-corrected chi connectivity index (χ1v) is 13.8. The van der Waals surface area contributed by atoms with Crippen LogP contribution in [0.15, 0.2) is 36.7 Å². The molecule has 2 saturated heterocycles. The Morgan fingerprint density at radius 1 is 1.14 bits per heavy atom. The van der Waals surface area contributed by atoms with Gasteiger partial charge in [-0.25, -0.2) is 4.98 Å². The maximum absolute atomic E-state index is 13.4. The Morgan fingerprint density at radius 2 is 1.92 bits per heavy atom. The molecule has 3 atom stereocenters. The second-order valence-electron chi connectivity index (χ2n) is 9.77. The van der Waals surface area contributed by atoms with E-state index >= 15 is 0 Å². The number of fused-ring (bicyclic) bond motifs is 1. The van der Waals surface area contributed by atoms with Gasteiger partial charge in [-0.05, 0) is 30.5 Å². The van der Waals surface area contributed by atoms with Gasteiger partial charge in [0.25, 0.3) is 16.0 Å². The molecule has 1 aromatic heterocycles. The average Bonchev–Trinajstić information content (AvgIpc) is 3.61. The van der Waals surface area contributed by atoms with Crippen LogP contribution < -0.4 is 4.74 Å². The van der Waals surface area contributed by atoms with Crippen molar-refractivity contribution in [3.05, 3.63) is 53.5 Å². The van der Waals surface area contributed by atoms with E-state index in [9.17, 15) is 26.4 Å². The van der Waals surface area contributed by atoms with E-state index in [-0.39, 0.29) is 30.8 Å². The van der Waals surface area contributed by atoms with Crippen molar-refractivity contribution in [2.24, 2.45) is 0 Å². The highest BCUT2D eigenvalue weighted by molar-refractivity contribution is 7.86. The smallest absolute Gasteiger partial charge is 0.416 e. The van der Waals surface area contributed by atoms with Crippen molar-refractivity contribution in [1.82, 2.24) is 19.8 Å². The third kappa shape index (κ3) is 6.21. The molecule has 0 N–H and O–H groups in total. The van der Waals surface area contributed by atoms with E-state index < -0.39 is 33.9 Å². The summed E-state index contributed by atoms with van der Waals surface area (Å²) in [4.78, 5) is 25.8. The van der Waals surface area contributed by atoms with Gasteiger partial charge in [-0.1, -0.05) is 12.1 Å². The SMILES string of the molecule is CS(=O)(=O)OC(C(=O)N1CCN2C[C@H](Oc3cnc(C4CC4)cn3)C[C@H]2C1)c1cccc(C(F)(F)F)c1. The first-order valence-electron chi connectivity index (χ1n) is 12.0. The zero-order valence-electron chi connectivity index (χ0n) is 20.1. The van der Waals surface area contributed by atoms with E-state index in [4.69, 9.17) is 8.92 Å². The summed E-state index contributed by atoms with van der Waals surface area (Å²) < 4.78 is 74.5. The third-order valence-corrected chi connectivity index (χ3v) is 7.37. The number of carbonyl (C=O) groups excluding carboxylic acids is 1. The minimum atomic E-state index is -4.65. The highest BCUT2D eigenvalue weighted by Crippen LogP contribution is 2.39. The van der Waals surface area contributed by atoms with Crippen molar-refractivity contribution in [2.75, 3.05) is 32.4 Å². The lowest BCUT2D eigenvalue weighted by Crippen LogP contribution is -2.53. The summed E-state index contributed by atoms with van der Waals surface area (Å²) in [5.74, 6) is 0.237. The molecule has 200 valence electrons. The zero-order chi connectivity index (χ0) is 26.4. The van der Waals surface area contributed by atoms with Crippen LogP contribution in [0.1, 0.15) is 48.1 Å². The van der Waals surface area contributed by atoms with Crippen LogP contribution in [0.3, 0.4) is 0 Å². The first kappa shape index (κ1) is 25.9. The second-order valence-corrected chi connectivity index (χ2v) is 11.4. The third-order valence-electron chi connectivity index (χ3n) is 6.83. The molecule has 5 rings (SSSR count). The van der Waals surface area contributed by atoms with Gasteiger partial charge >= 0.3 is 6.18 Å². The molecule has 1 unspecified atom stereocenters. The monoisotopic (exact) mass is 540 g/mol. The Kier molecular flexibility index (Phi) is 6.88. The molecule has 2 aliphatic heterocycles. The van der Waals surface area contributed by atoms with E-state index in [0.717, 1.165) is 43.0 Å². The highest BCUT2D eigenvalue weighted by Gasteiger charge is 2.41. The molecule has 1 amide bonds. The summed E-state index contributed by atoms with van der Waals surface area (Å²) in [5.41, 5.74) is -0.195. The molecule has 0 radical (unpaired) electrons. The number of rotatable bonds is 7. The molecule has 37 heavy (non-hydrogen) atoms. The van der Waals surface area contributed by atoms with Gasteiger partial charge in [-0.2, -0.15) is 21.6 Å². The number of carbonyl (C=O) groups is 1. The number of piperazine rings is 1. The van der Waals surface area contributed by atoms with Crippen molar-refractivity contribution in [3.63, 3.8) is 0 Å². The summed E-state index contributed by atoms with van der Waals surface area (Å²) in [6, 6.07) is 3.93. The van der Waals surface area contributed by atoms with Crippen LogP contribution in [0.4, 0.5) is 13.2 Å². The number of hydrogen-bond acceptors (Lipinski definition) is 8. The van der Waals surface area contributed by atoms with Crippen molar-refractivity contribution in [3.8, 4) is 5.88 Å². The van der Waals surface area contributed by atoms with Gasteiger partial charge in [0, 0.05) is 44.6 Å². The second kappa shape index (κ2) is 9.84. The summed E-state index contributed by atoms with van der Waals surface area (Å²) in [5, 5.41) is 0. The maximum Gasteiger partial charge on any atom is 0.416 e. The minimum Gasteiger partial charge on any atom is -0.472 e. The average molecular weight is 541 g/mol. The Morgan fingerprint density at radius 3 is 2.57 bits per heavy atom. The summed E-state index contributed by atoms with van der Waals surface area (Å²) >= 11 is 0. The number of nitrogens with zero attached hydrogens (tertiary/aromatic N) is 4. The quantitative estimate of drug-likeness (QED) is 0.494. The lowest BCUT2D eigenvalue weighted by Gasteiger charge is -2.38. The summed E-state index contributed by atoms with van der Waals surface area (Å²) in [6.45, 7) is 1.69. The molecule has 0 bridgehead atoms. The molecule has 13 heteroatoms. The molecule has 3 aliphatic rings. The fraction of sp³-hybridized carbons (Fsp3) is 0.542. The molecule has 1 saturated carbocycles. The van der Waals surface area contributed by atoms with Crippen molar-refractivity contribution < 1.29 is 35.3 Å². The number of amides is 1. The largest absolute Gasteiger partial charge is 0.472 e. The Bertz CT molecular complexity index is 1250. The maximum atomic E-state index is 13.4. The van der Waals surface area contributed by atoms with Crippen LogP contribution in [0, 0.1) is 0 Å². The van der Waals surface area contributed by atoms with Crippen LogP contribution in [0.25, 0.3) is 0 Å². The molecule has 3 fully saturated rings. The Hall–Kier alpha value is -2.77. The number of hydrogen-bond donors (Lipinski definition) is 0. The van der Waals surface area contributed by atoms with E-state index in [0.29, 0.717) is 31.3 Å². The lowest BCUT2D eigenvalue weighted by atomic mass is 10.0. The molecule has 2 aromatic rings. The zero-order valence-corrected chi connectivity index (χ0v) is 20.9. The van der Waals surface area contributed by atoms with Crippen molar-refractivity contribution in [1.29, 1.82) is 0 Å². The Balaban J connectivity index is 1.26. The normalized spacial score (nSPS) is 23.5. The standard InChI is InChI=1S/C24H27F3N4O5S/c1-37(33,34)36-22(16-3-2-4-17(9-16)24(25,26)27)23(32)31-8-7-30-14-19(10-18(30)13-31)35-21-12-28-20(11-29-21)15-5-6-15/h2-4,9,11-12,15,18-19,22H,5-8,10,13-14H2,1H3/t18-,19+,22?/m0/s1. The molecule has 1 aromatic carbocycles. The number of aromatic nitrogens is 2. The van der Waals surface area contributed by atoms with Gasteiger partial charge in [-0.15, -0.1) is 0 Å². The lowest BCUT2D eigenvalue weighted by molar-refractivity contribution is -0.142. The fourth-order valence-corrected chi connectivity index (χ4v) is 5.43. The number of benzene rings is 1. The van der Waals surface area contributed by atoms with Crippen LogP contribution in [-0.4, -0.2) is 78.7 Å². The fourth-order valence-electron chi connectivity index (χ4n) is 4.89. The van der Waals surface area contributed by atoms with E-state index in [1.165, 1.54) is 11.0 Å². The molecule has 9 nitrogen and oxygen atoms in total. The molecular formula is C24H27F3N4O5S. The predicted octanol–water partition coefficient (Wildman–Crippen LogP) is 2.75. The number of ether oxygens (including phenoxy) is 1. The molecular weight excluding hydrogens is 513 g/mol. The van der Waals surface area contributed by atoms with Crippen LogP contribution in [0.5, 0.6) is 5.88 Å². The summed E-state index contributed by atoms with van der Waals surface area (Å²) in [6.07, 6.45) is 0.482. The Labute approximate surface area is 212 Å². The van der Waals surface area contributed by atoms with Gasteiger partial charge in [0.2, 0.25) is 5.88 Å². The predicted molar refractivity (Wildman–Crippen MR) is 125 cm³/mol. The van der Waals surface area contributed by atoms with Gasteiger partial charge in [0.15, 0.2) is 6.10 Å². The van der Waals surface area contributed by atoms with E-state index in [1.54, 1.807) is 12.4 Å². The van der Waals surface area contributed by atoms with Crippen molar-refractivity contribution >= 4 is 16.0 Å². The van der Waals surface area contributed by atoms with E-state index in [2.05, 4.69) is 14.9 Å². The van der Waals surface area contributed by atoms with Crippen LogP contribution >= 0.6 is 0 Å².